The Kier molecular flexibility index (Phi) is 4.91. The van der Waals surface area contributed by atoms with E-state index >= 15 is 0 Å². The van der Waals surface area contributed by atoms with Gasteiger partial charge in [-0.3, -0.25) is 4.79 Å². The lowest BCUT2D eigenvalue weighted by Crippen LogP contribution is -2.35. The fourth-order valence-electron chi connectivity index (χ4n) is 3.29. The molecule has 8 heteroatoms. The van der Waals surface area contributed by atoms with Gasteiger partial charge in [0.05, 0.1) is 26.5 Å². The number of carbonyl (C=O) groups excluding carboxylic acids is 1. The smallest absolute Gasteiger partial charge is 0.252 e. The van der Waals surface area contributed by atoms with E-state index < -0.39 is 5.91 Å². The number of nitrogens with one attached hydrogen (secondary N) is 3. The quantitative estimate of drug-likeness (QED) is 0.541. The van der Waals surface area contributed by atoms with Gasteiger partial charge in [0, 0.05) is 24.0 Å². The number of nitrogens with zero attached hydrogens (tertiary/aromatic N) is 2. The number of amides is 1. The molecule has 1 saturated heterocycles. The van der Waals surface area contributed by atoms with Crippen LogP contribution in [0.25, 0.3) is 10.2 Å². The molecule has 1 aliphatic heterocycles. The SMILES string of the molecule is Cc1nc2cc(Nc3cc(NC4CCNCC4)c(C(N)=O)cn3)ccc2s1. The van der Waals surface area contributed by atoms with Gasteiger partial charge in [-0.05, 0) is 51.1 Å². The number of hydrogen-bond acceptors (Lipinski definition) is 7. The first-order valence-electron chi connectivity index (χ1n) is 9.00. The summed E-state index contributed by atoms with van der Waals surface area (Å²) >= 11 is 1.67. The monoisotopic (exact) mass is 382 g/mol. The number of aryl methyl sites for hydroxylation is 1. The Bertz CT molecular complexity index is 979. The van der Waals surface area contributed by atoms with Crippen molar-refractivity contribution < 1.29 is 4.79 Å². The number of rotatable bonds is 5. The van der Waals surface area contributed by atoms with Crippen molar-refractivity contribution in [3.05, 3.63) is 41.0 Å². The van der Waals surface area contributed by atoms with E-state index in [1.807, 2.05) is 31.2 Å². The number of aromatic nitrogens is 2. The highest BCUT2D eigenvalue weighted by atomic mass is 32.1. The summed E-state index contributed by atoms with van der Waals surface area (Å²) in [5.41, 5.74) is 8.52. The van der Waals surface area contributed by atoms with E-state index in [-0.39, 0.29) is 0 Å². The Balaban J connectivity index is 1.59. The maximum Gasteiger partial charge on any atom is 0.252 e. The number of thiazole rings is 1. The van der Waals surface area contributed by atoms with E-state index in [4.69, 9.17) is 5.73 Å². The molecule has 0 aliphatic carbocycles. The van der Waals surface area contributed by atoms with E-state index in [9.17, 15) is 4.79 Å². The summed E-state index contributed by atoms with van der Waals surface area (Å²) < 4.78 is 1.16. The van der Waals surface area contributed by atoms with Crippen LogP contribution in [0.3, 0.4) is 0 Å². The van der Waals surface area contributed by atoms with Crippen LogP contribution in [0.5, 0.6) is 0 Å². The van der Waals surface area contributed by atoms with E-state index in [0.29, 0.717) is 17.4 Å². The van der Waals surface area contributed by atoms with Crippen molar-refractivity contribution >= 4 is 44.7 Å². The molecule has 1 amide bonds. The molecule has 0 unspecified atom stereocenters. The molecule has 3 aromatic rings. The highest BCUT2D eigenvalue weighted by Gasteiger charge is 2.17. The van der Waals surface area contributed by atoms with Crippen molar-refractivity contribution in [1.82, 2.24) is 15.3 Å². The molecule has 0 radical (unpaired) electrons. The van der Waals surface area contributed by atoms with Crippen LogP contribution in [0.1, 0.15) is 28.2 Å². The molecular formula is C19H22N6OS. The van der Waals surface area contributed by atoms with Gasteiger partial charge in [-0.15, -0.1) is 11.3 Å². The average Bonchev–Trinajstić information content (AvgIpc) is 3.02. The van der Waals surface area contributed by atoms with Crippen molar-refractivity contribution in [2.45, 2.75) is 25.8 Å². The molecule has 140 valence electrons. The molecule has 7 nitrogen and oxygen atoms in total. The van der Waals surface area contributed by atoms with Gasteiger partial charge in [0.1, 0.15) is 5.82 Å². The predicted octanol–water partition coefficient (Wildman–Crippen LogP) is 3.01. The summed E-state index contributed by atoms with van der Waals surface area (Å²) in [5, 5.41) is 11.1. The number of primary amides is 1. The van der Waals surface area contributed by atoms with Crippen LogP contribution < -0.4 is 21.7 Å². The number of fused-ring (bicyclic) bond motifs is 1. The molecule has 0 saturated carbocycles. The number of anilines is 3. The largest absolute Gasteiger partial charge is 0.381 e. The lowest BCUT2D eigenvalue weighted by molar-refractivity contribution is 0.100. The van der Waals surface area contributed by atoms with Gasteiger partial charge in [-0.1, -0.05) is 0 Å². The molecule has 1 fully saturated rings. The lowest BCUT2D eigenvalue weighted by Gasteiger charge is -2.25. The van der Waals surface area contributed by atoms with Crippen LogP contribution in [-0.2, 0) is 0 Å². The van der Waals surface area contributed by atoms with Crippen LogP contribution in [0.15, 0.2) is 30.5 Å². The summed E-state index contributed by atoms with van der Waals surface area (Å²) in [7, 11) is 0. The molecule has 0 spiro atoms. The normalized spacial score (nSPS) is 15.0. The van der Waals surface area contributed by atoms with Gasteiger partial charge in [-0.2, -0.15) is 0 Å². The van der Waals surface area contributed by atoms with Gasteiger partial charge >= 0.3 is 0 Å². The summed E-state index contributed by atoms with van der Waals surface area (Å²) in [4.78, 5) is 20.7. The van der Waals surface area contributed by atoms with Gasteiger partial charge in [0.2, 0.25) is 0 Å². The van der Waals surface area contributed by atoms with E-state index in [1.165, 1.54) is 6.20 Å². The molecule has 5 N–H and O–H groups in total. The second-order valence-corrected chi connectivity index (χ2v) is 7.92. The van der Waals surface area contributed by atoms with E-state index in [2.05, 4.69) is 25.9 Å². The molecule has 1 aliphatic rings. The number of piperidine rings is 1. The minimum atomic E-state index is -0.482. The second-order valence-electron chi connectivity index (χ2n) is 6.69. The standard InChI is InChI=1S/C19H22N6OS/c1-11-23-16-8-13(2-3-17(16)27-11)25-18-9-15(14(10-22-18)19(20)26)24-12-4-6-21-7-5-12/h2-3,8-10,12,21H,4-7H2,1H3,(H2,20,26)(H2,22,24,25). The highest BCUT2D eigenvalue weighted by Crippen LogP contribution is 2.27. The highest BCUT2D eigenvalue weighted by molar-refractivity contribution is 7.18. The molecule has 0 bridgehead atoms. The average molecular weight is 382 g/mol. The van der Waals surface area contributed by atoms with Crippen molar-refractivity contribution in [3.8, 4) is 0 Å². The van der Waals surface area contributed by atoms with Crippen LogP contribution in [0, 0.1) is 6.92 Å². The minimum absolute atomic E-state index is 0.314. The number of carbonyl (C=O) groups is 1. The van der Waals surface area contributed by atoms with Gasteiger partial charge in [-0.25, -0.2) is 9.97 Å². The predicted molar refractivity (Wildman–Crippen MR) is 110 cm³/mol. The van der Waals surface area contributed by atoms with Gasteiger partial charge in [0.15, 0.2) is 0 Å². The first kappa shape index (κ1) is 17.7. The summed E-state index contributed by atoms with van der Waals surface area (Å²) in [5.74, 6) is 0.174. The van der Waals surface area contributed by atoms with Gasteiger partial charge < -0.3 is 21.7 Å². The van der Waals surface area contributed by atoms with Crippen LogP contribution in [-0.4, -0.2) is 35.0 Å². The van der Waals surface area contributed by atoms with Crippen LogP contribution >= 0.6 is 11.3 Å². The van der Waals surface area contributed by atoms with E-state index in [0.717, 1.165) is 52.5 Å². The number of pyridine rings is 1. The zero-order valence-corrected chi connectivity index (χ0v) is 15.9. The molecule has 4 rings (SSSR count). The lowest BCUT2D eigenvalue weighted by atomic mass is 10.1. The molecule has 0 atom stereocenters. The van der Waals surface area contributed by atoms with E-state index in [1.54, 1.807) is 11.3 Å². The third-order valence-corrected chi connectivity index (χ3v) is 5.59. The maximum atomic E-state index is 11.8. The Labute approximate surface area is 161 Å². The third kappa shape index (κ3) is 4.01. The molecule has 27 heavy (non-hydrogen) atoms. The zero-order chi connectivity index (χ0) is 18.8. The second kappa shape index (κ2) is 7.50. The summed E-state index contributed by atoms with van der Waals surface area (Å²) in [6, 6.07) is 8.22. The zero-order valence-electron chi connectivity index (χ0n) is 15.1. The van der Waals surface area contributed by atoms with Crippen molar-refractivity contribution in [2.24, 2.45) is 5.73 Å². The Morgan fingerprint density at radius 2 is 2.11 bits per heavy atom. The third-order valence-electron chi connectivity index (χ3n) is 4.64. The maximum absolute atomic E-state index is 11.8. The molecular weight excluding hydrogens is 360 g/mol. The number of benzene rings is 1. The first-order chi connectivity index (χ1) is 13.1. The Hall–Kier alpha value is -2.71. The molecule has 3 heterocycles. The Morgan fingerprint density at radius 1 is 1.30 bits per heavy atom. The van der Waals surface area contributed by atoms with Crippen molar-refractivity contribution in [3.63, 3.8) is 0 Å². The fraction of sp³-hybridized carbons (Fsp3) is 0.316. The van der Waals surface area contributed by atoms with Crippen molar-refractivity contribution in [1.29, 1.82) is 0 Å². The van der Waals surface area contributed by atoms with Gasteiger partial charge in [0.25, 0.3) is 5.91 Å². The summed E-state index contributed by atoms with van der Waals surface area (Å²) in [6.45, 7) is 3.93. The number of nitrogens with two attached hydrogens (primary N) is 1. The molecule has 1 aromatic carbocycles. The fourth-order valence-corrected chi connectivity index (χ4v) is 4.10. The summed E-state index contributed by atoms with van der Waals surface area (Å²) in [6.07, 6.45) is 3.53. The van der Waals surface area contributed by atoms with Crippen molar-refractivity contribution in [2.75, 3.05) is 23.7 Å². The van der Waals surface area contributed by atoms with Crippen LogP contribution in [0.2, 0.25) is 0 Å². The number of hydrogen-bond donors (Lipinski definition) is 4. The minimum Gasteiger partial charge on any atom is -0.381 e. The molecule has 2 aromatic heterocycles. The van der Waals surface area contributed by atoms with Crippen LogP contribution in [0.4, 0.5) is 17.2 Å². The first-order valence-corrected chi connectivity index (χ1v) is 9.81. The Morgan fingerprint density at radius 3 is 2.89 bits per heavy atom. The topological polar surface area (TPSA) is 105 Å².